The molecule has 1 amide bonds. The van der Waals surface area contributed by atoms with Crippen LogP contribution in [0, 0.1) is 0 Å². The number of amides is 1. The molecule has 0 aliphatic heterocycles. The van der Waals surface area contributed by atoms with Crippen molar-refractivity contribution in [3.63, 3.8) is 0 Å². The summed E-state index contributed by atoms with van der Waals surface area (Å²) >= 11 is 0. The lowest BCUT2D eigenvalue weighted by molar-refractivity contribution is 0.0682. The fourth-order valence-electron chi connectivity index (χ4n) is 1.37. The van der Waals surface area contributed by atoms with Crippen LogP contribution in [-0.2, 0) is 0 Å². The predicted molar refractivity (Wildman–Crippen MR) is 67.0 cm³/mol. The smallest absolute Gasteiger partial charge is 0.254 e. The highest BCUT2D eigenvalue weighted by atomic mass is 16.3. The van der Waals surface area contributed by atoms with Crippen LogP contribution in [0.1, 0.15) is 24.2 Å². The molecule has 1 aromatic heterocycles. The van der Waals surface area contributed by atoms with Gasteiger partial charge in [0.05, 0.1) is 12.6 Å². The van der Waals surface area contributed by atoms with Crippen molar-refractivity contribution in [2.75, 3.05) is 25.5 Å². The minimum atomic E-state index is -0.196. The molecular formula is C12H19N3O2. The number of aromatic nitrogens is 1. The maximum Gasteiger partial charge on any atom is 0.254 e. The molecule has 0 saturated carbocycles. The number of anilines is 1. The zero-order valence-corrected chi connectivity index (χ0v) is 10.5. The molecule has 0 saturated heterocycles. The summed E-state index contributed by atoms with van der Waals surface area (Å²) in [6.07, 6.45) is 1.60. The SMILES string of the molecule is CCNc1cc(C(=O)N(C)C(C)CO)ccn1. The highest BCUT2D eigenvalue weighted by Crippen LogP contribution is 2.10. The number of nitrogens with one attached hydrogen (secondary N) is 1. The highest BCUT2D eigenvalue weighted by molar-refractivity contribution is 5.94. The average Bonchev–Trinajstić information content (AvgIpc) is 2.36. The van der Waals surface area contributed by atoms with E-state index in [1.807, 2.05) is 6.92 Å². The molecule has 0 aliphatic rings. The summed E-state index contributed by atoms with van der Waals surface area (Å²) in [6.45, 7) is 4.47. The lowest BCUT2D eigenvalue weighted by Gasteiger charge is -2.23. The lowest BCUT2D eigenvalue weighted by atomic mass is 10.2. The Bertz CT molecular complexity index is 382. The average molecular weight is 237 g/mol. The van der Waals surface area contributed by atoms with Gasteiger partial charge in [-0.15, -0.1) is 0 Å². The zero-order chi connectivity index (χ0) is 12.8. The first kappa shape index (κ1) is 13.4. The van der Waals surface area contributed by atoms with Crippen LogP contribution >= 0.6 is 0 Å². The van der Waals surface area contributed by atoms with Crippen LogP contribution in [0.3, 0.4) is 0 Å². The minimum Gasteiger partial charge on any atom is -0.394 e. The van der Waals surface area contributed by atoms with Gasteiger partial charge in [-0.25, -0.2) is 4.98 Å². The van der Waals surface area contributed by atoms with Gasteiger partial charge in [-0.1, -0.05) is 0 Å². The van der Waals surface area contributed by atoms with E-state index in [0.29, 0.717) is 11.4 Å². The first-order valence-electron chi connectivity index (χ1n) is 5.68. The van der Waals surface area contributed by atoms with Crippen molar-refractivity contribution in [3.05, 3.63) is 23.9 Å². The second-order valence-electron chi connectivity index (χ2n) is 3.91. The summed E-state index contributed by atoms with van der Waals surface area (Å²) in [4.78, 5) is 17.7. The lowest BCUT2D eigenvalue weighted by Crippen LogP contribution is -2.37. The van der Waals surface area contributed by atoms with Gasteiger partial charge < -0.3 is 15.3 Å². The van der Waals surface area contributed by atoms with E-state index in [1.165, 1.54) is 4.90 Å². The summed E-state index contributed by atoms with van der Waals surface area (Å²) in [5.41, 5.74) is 0.568. The van der Waals surface area contributed by atoms with Gasteiger partial charge in [0.25, 0.3) is 5.91 Å². The molecule has 0 aliphatic carbocycles. The largest absolute Gasteiger partial charge is 0.394 e. The second kappa shape index (κ2) is 6.20. The van der Waals surface area contributed by atoms with Gasteiger partial charge in [-0.2, -0.15) is 0 Å². The number of carbonyl (C=O) groups excluding carboxylic acids is 1. The summed E-state index contributed by atoms with van der Waals surface area (Å²) < 4.78 is 0. The first-order chi connectivity index (χ1) is 8.10. The summed E-state index contributed by atoms with van der Waals surface area (Å²) in [6, 6.07) is 3.19. The fraction of sp³-hybridized carbons (Fsp3) is 0.500. The monoisotopic (exact) mass is 237 g/mol. The molecule has 0 radical (unpaired) electrons. The van der Waals surface area contributed by atoms with Gasteiger partial charge in [-0.05, 0) is 26.0 Å². The third-order valence-electron chi connectivity index (χ3n) is 2.61. The standard InChI is InChI=1S/C12H19N3O2/c1-4-13-11-7-10(5-6-14-11)12(17)15(3)9(2)8-16/h5-7,9,16H,4,8H2,1-3H3,(H,13,14). The van der Waals surface area contributed by atoms with Crippen LogP contribution in [0.15, 0.2) is 18.3 Å². The molecule has 1 atom stereocenters. The number of aliphatic hydroxyl groups excluding tert-OH is 1. The Labute approximate surface area is 101 Å². The van der Waals surface area contributed by atoms with Crippen molar-refractivity contribution in [1.29, 1.82) is 0 Å². The molecule has 5 nitrogen and oxygen atoms in total. The van der Waals surface area contributed by atoms with Crippen LogP contribution in [-0.4, -0.2) is 47.1 Å². The van der Waals surface area contributed by atoms with Crippen molar-refractivity contribution in [2.24, 2.45) is 0 Å². The maximum atomic E-state index is 12.1. The fourth-order valence-corrected chi connectivity index (χ4v) is 1.37. The number of likely N-dealkylation sites (N-methyl/N-ethyl adjacent to an activating group) is 1. The Morgan fingerprint density at radius 3 is 2.94 bits per heavy atom. The number of nitrogens with zero attached hydrogens (tertiary/aromatic N) is 2. The molecule has 0 aromatic carbocycles. The second-order valence-corrected chi connectivity index (χ2v) is 3.91. The molecule has 0 bridgehead atoms. The van der Waals surface area contributed by atoms with E-state index in [1.54, 1.807) is 32.3 Å². The van der Waals surface area contributed by atoms with E-state index in [-0.39, 0.29) is 18.6 Å². The van der Waals surface area contributed by atoms with Gasteiger partial charge in [0.1, 0.15) is 5.82 Å². The van der Waals surface area contributed by atoms with E-state index in [9.17, 15) is 4.79 Å². The van der Waals surface area contributed by atoms with Gasteiger partial charge in [0.2, 0.25) is 0 Å². The number of rotatable bonds is 5. The molecular weight excluding hydrogens is 218 g/mol. The zero-order valence-electron chi connectivity index (χ0n) is 10.5. The van der Waals surface area contributed by atoms with Gasteiger partial charge >= 0.3 is 0 Å². The van der Waals surface area contributed by atoms with Crippen molar-refractivity contribution in [1.82, 2.24) is 9.88 Å². The summed E-state index contributed by atoms with van der Waals surface area (Å²) in [5, 5.41) is 12.1. The van der Waals surface area contributed by atoms with E-state index >= 15 is 0 Å². The minimum absolute atomic E-state index is 0.0482. The summed E-state index contributed by atoms with van der Waals surface area (Å²) in [7, 11) is 1.68. The Kier molecular flexibility index (Phi) is 4.90. The van der Waals surface area contributed by atoms with Gasteiger partial charge in [0.15, 0.2) is 0 Å². The van der Waals surface area contributed by atoms with E-state index in [2.05, 4.69) is 10.3 Å². The highest BCUT2D eigenvalue weighted by Gasteiger charge is 2.17. The Morgan fingerprint density at radius 1 is 1.65 bits per heavy atom. The number of aliphatic hydroxyl groups is 1. The molecule has 1 aromatic rings. The first-order valence-corrected chi connectivity index (χ1v) is 5.68. The quantitative estimate of drug-likeness (QED) is 0.800. The van der Waals surface area contributed by atoms with Crippen LogP contribution in [0.2, 0.25) is 0 Å². The van der Waals surface area contributed by atoms with Crippen LogP contribution in [0.4, 0.5) is 5.82 Å². The molecule has 0 spiro atoms. The third-order valence-corrected chi connectivity index (χ3v) is 2.61. The van der Waals surface area contributed by atoms with Crippen molar-refractivity contribution in [3.8, 4) is 0 Å². The van der Waals surface area contributed by atoms with Gasteiger partial charge in [-0.3, -0.25) is 4.79 Å². The van der Waals surface area contributed by atoms with Crippen molar-refractivity contribution >= 4 is 11.7 Å². The number of hydrogen-bond donors (Lipinski definition) is 2. The van der Waals surface area contributed by atoms with Crippen LogP contribution in [0.5, 0.6) is 0 Å². The molecule has 0 fully saturated rings. The normalized spacial score (nSPS) is 12.0. The predicted octanol–water partition coefficient (Wildman–Crippen LogP) is 0.966. The number of pyridine rings is 1. The Morgan fingerprint density at radius 2 is 2.35 bits per heavy atom. The Balaban J connectivity index is 2.84. The summed E-state index contributed by atoms with van der Waals surface area (Å²) in [5.74, 6) is 0.566. The molecule has 1 heterocycles. The van der Waals surface area contributed by atoms with E-state index in [0.717, 1.165) is 6.54 Å². The van der Waals surface area contributed by atoms with Crippen molar-refractivity contribution in [2.45, 2.75) is 19.9 Å². The number of hydrogen-bond acceptors (Lipinski definition) is 4. The Hall–Kier alpha value is -1.62. The van der Waals surface area contributed by atoms with E-state index < -0.39 is 0 Å². The van der Waals surface area contributed by atoms with Crippen LogP contribution in [0.25, 0.3) is 0 Å². The van der Waals surface area contributed by atoms with Gasteiger partial charge in [0, 0.05) is 25.4 Å². The van der Waals surface area contributed by atoms with E-state index in [4.69, 9.17) is 5.11 Å². The van der Waals surface area contributed by atoms with Crippen LogP contribution < -0.4 is 5.32 Å². The molecule has 5 heteroatoms. The molecule has 1 unspecified atom stereocenters. The number of carbonyl (C=O) groups is 1. The molecule has 94 valence electrons. The molecule has 17 heavy (non-hydrogen) atoms. The maximum absolute atomic E-state index is 12.1. The van der Waals surface area contributed by atoms with Crippen molar-refractivity contribution < 1.29 is 9.90 Å². The third kappa shape index (κ3) is 3.42. The topological polar surface area (TPSA) is 65.5 Å². The molecule has 2 N–H and O–H groups in total. The molecule has 1 rings (SSSR count).